The van der Waals surface area contributed by atoms with Gasteiger partial charge in [-0.15, -0.1) is 0 Å². The Bertz CT molecular complexity index is 410. The molecule has 1 aromatic carbocycles. The van der Waals surface area contributed by atoms with Gasteiger partial charge in [0.25, 0.3) is 5.91 Å². The molecule has 0 bridgehead atoms. The lowest BCUT2D eigenvalue weighted by molar-refractivity contribution is -0.123. The van der Waals surface area contributed by atoms with E-state index in [1.807, 2.05) is 13.8 Å². The molecule has 1 rings (SSSR count). The largest absolute Gasteiger partial charge is 0.484 e. The number of hydrogen-bond acceptors (Lipinski definition) is 3. The van der Waals surface area contributed by atoms with Crippen molar-refractivity contribution in [3.63, 3.8) is 0 Å². The molecule has 1 amide bonds. The van der Waals surface area contributed by atoms with Gasteiger partial charge in [-0.1, -0.05) is 25.4 Å². The van der Waals surface area contributed by atoms with E-state index in [9.17, 15) is 4.79 Å². The second-order valence-corrected chi connectivity index (χ2v) is 4.10. The summed E-state index contributed by atoms with van der Waals surface area (Å²) in [6.45, 7) is 3.93. The summed E-state index contributed by atoms with van der Waals surface area (Å²) in [5.74, 6) is 0.328. The van der Waals surface area contributed by atoms with Gasteiger partial charge in [-0.2, -0.15) is 5.10 Å². The van der Waals surface area contributed by atoms with E-state index in [-0.39, 0.29) is 12.5 Å². The van der Waals surface area contributed by atoms with Gasteiger partial charge in [0, 0.05) is 10.7 Å². The summed E-state index contributed by atoms with van der Waals surface area (Å²) < 4.78 is 5.28. The fourth-order valence-corrected chi connectivity index (χ4v) is 1.39. The van der Waals surface area contributed by atoms with Crippen LogP contribution in [0.1, 0.15) is 26.7 Å². The quantitative estimate of drug-likeness (QED) is 0.637. The molecule has 18 heavy (non-hydrogen) atoms. The minimum absolute atomic E-state index is 0.0636. The topological polar surface area (TPSA) is 50.7 Å². The maximum absolute atomic E-state index is 11.5. The molecule has 98 valence electrons. The fraction of sp³-hybridized carbons (Fsp3) is 0.385. The average Bonchev–Trinajstić information content (AvgIpc) is 2.39. The molecule has 0 heterocycles. The number of hydrogen-bond donors (Lipinski definition) is 1. The molecule has 0 radical (unpaired) electrons. The first kappa shape index (κ1) is 14.5. The van der Waals surface area contributed by atoms with E-state index in [1.54, 1.807) is 24.3 Å². The molecule has 0 aliphatic rings. The van der Waals surface area contributed by atoms with E-state index in [2.05, 4.69) is 10.5 Å². The molecule has 0 saturated carbocycles. The summed E-state index contributed by atoms with van der Waals surface area (Å²) in [5, 5.41) is 4.63. The predicted octanol–water partition coefficient (Wildman–Crippen LogP) is 3.01. The number of benzene rings is 1. The highest BCUT2D eigenvalue weighted by Gasteiger charge is 2.02. The Morgan fingerprint density at radius 3 is 2.44 bits per heavy atom. The Hall–Kier alpha value is -1.55. The molecule has 4 nitrogen and oxygen atoms in total. The molecule has 5 heteroatoms. The first-order valence-electron chi connectivity index (χ1n) is 5.88. The van der Waals surface area contributed by atoms with Crippen molar-refractivity contribution in [2.45, 2.75) is 26.7 Å². The first-order chi connectivity index (χ1) is 8.65. The summed E-state index contributed by atoms with van der Waals surface area (Å²) in [6.07, 6.45) is 1.66. The highest BCUT2D eigenvalue weighted by Crippen LogP contribution is 2.15. The second-order valence-electron chi connectivity index (χ2n) is 3.66. The maximum Gasteiger partial charge on any atom is 0.277 e. The van der Waals surface area contributed by atoms with Crippen LogP contribution >= 0.6 is 11.6 Å². The van der Waals surface area contributed by atoms with Crippen LogP contribution in [0.3, 0.4) is 0 Å². The number of halogens is 1. The SMILES string of the molecule is CCC(CC)=NNC(=O)COc1ccc(Cl)cc1. The number of carbonyl (C=O) groups is 1. The molecule has 0 spiro atoms. The van der Waals surface area contributed by atoms with Crippen LogP contribution in [-0.2, 0) is 4.79 Å². The Morgan fingerprint density at radius 2 is 1.89 bits per heavy atom. The van der Waals surface area contributed by atoms with E-state index in [1.165, 1.54) is 0 Å². The van der Waals surface area contributed by atoms with Crippen LogP contribution in [0, 0.1) is 0 Å². The van der Waals surface area contributed by atoms with Crippen molar-refractivity contribution in [3.05, 3.63) is 29.3 Å². The van der Waals surface area contributed by atoms with Gasteiger partial charge in [-0.05, 0) is 37.1 Å². The molecule has 0 aliphatic heterocycles. The number of hydrazone groups is 1. The maximum atomic E-state index is 11.5. The number of nitrogens with zero attached hydrogens (tertiary/aromatic N) is 1. The lowest BCUT2D eigenvalue weighted by atomic mass is 10.2. The monoisotopic (exact) mass is 268 g/mol. The van der Waals surface area contributed by atoms with Gasteiger partial charge in [0.05, 0.1) is 0 Å². The third-order valence-electron chi connectivity index (χ3n) is 2.34. The van der Waals surface area contributed by atoms with Crippen LogP contribution in [0.4, 0.5) is 0 Å². The van der Waals surface area contributed by atoms with Crippen LogP contribution < -0.4 is 10.2 Å². The van der Waals surface area contributed by atoms with E-state index in [0.29, 0.717) is 10.8 Å². The normalized spacial score (nSPS) is 9.72. The highest BCUT2D eigenvalue weighted by molar-refractivity contribution is 6.30. The van der Waals surface area contributed by atoms with Crippen LogP contribution in [0.25, 0.3) is 0 Å². The first-order valence-corrected chi connectivity index (χ1v) is 6.26. The Balaban J connectivity index is 2.37. The molecule has 1 aromatic rings. The van der Waals surface area contributed by atoms with Crippen LogP contribution in [0.2, 0.25) is 5.02 Å². The predicted molar refractivity (Wildman–Crippen MR) is 73.1 cm³/mol. The molecular formula is C13H17ClN2O2. The van der Waals surface area contributed by atoms with Crippen LogP contribution in [0.5, 0.6) is 5.75 Å². The van der Waals surface area contributed by atoms with Crippen molar-refractivity contribution in [2.75, 3.05) is 6.61 Å². The third kappa shape index (κ3) is 5.19. The zero-order valence-corrected chi connectivity index (χ0v) is 11.3. The third-order valence-corrected chi connectivity index (χ3v) is 2.59. The Kier molecular flexibility index (Phi) is 6.22. The van der Waals surface area contributed by atoms with Crippen LogP contribution in [-0.4, -0.2) is 18.2 Å². The zero-order chi connectivity index (χ0) is 13.4. The van der Waals surface area contributed by atoms with Crippen molar-refractivity contribution in [1.82, 2.24) is 5.43 Å². The molecule has 0 unspecified atom stereocenters. The van der Waals surface area contributed by atoms with Gasteiger partial charge >= 0.3 is 0 Å². The van der Waals surface area contributed by atoms with Gasteiger partial charge in [-0.25, -0.2) is 5.43 Å². The molecule has 0 atom stereocenters. The minimum atomic E-state index is -0.274. The molecule has 1 N–H and O–H groups in total. The number of carbonyl (C=O) groups excluding carboxylic acids is 1. The Labute approximate surface area is 112 Å². The van der Waals surface area contributed by atoms with Gasteiger partial charge < -0.3 is 4.74 Å². The van der Waals surface area contributed by atoms with E-state index >= 15 is 0 Å². The molecule has 0 aliphatic carbocycles. The fourth-order valence-electron chi connectivity index (χ4n) is 1.26. The van der Waals surface area contributed by atoms with Crippen molar-refractivity contribution in [1.29, 1.82) is 0 Å². The summed E-state index contributed by atoms with van der Waals surface area (Å²) in [5.41, 5.74) is 3.42. The van der Waals surface area contributed by atoms with Crippen molar-refractivity contribution in [3.8, 4) is 5.75 Å². The van der Waals surface area contributed by atoms with Gasteiger partial charge in [0.2, 0.25) is 0 Å². The van der Waals surface area contributed by atoms with Crippen molar-refractivity contribution in [2.24, 2.45) is 5.10 Å². The standard InChI is InChI=1S/C13H17ClN2O2/c1-3-11(4-2)15-16-13(17)9-18-12-7-5-10(14)6-8-12/h5-8H,3-4,9H2,1-2H3,(H,16,17). The number of amides is 1. The molecule has 0 aromatic heterocycles. The van der Waals surface area contributed by atoms with Gasteiger partial charge in [0.15, 0.2) is 6.61 Å². The van der Waals surface area contributed by atoms with E-state index in [0.717, 1.165) is 18.6 Å². The lowest BCUT2D eigenvalue weighted by Gasteiger charge is -2.05. The lowest BCUT2D eigenvalue weighted by Crippen LogP contribution is -2.25. The summed E-state index contributed by atoms with van der Waals surface area (Å²) in [7, 11) is 0. The van der Waals surface area contributed by atoms with Gasteiger partial charge in [-0.3, -0.25) is 4.79 Å². The highest BCUT2D eigenvalue weighted by atomic mass is 35.5. The number of rotatable bonds is 6. The summed E-state index contributed by atoms with van der Waals surface area (Å²) in [6, 6.07) is 6.84. The number of nitrogens with one attached hydrogen (secondary N) is 1. The molecule has 0 saturated heterocycles. The van der Waals surface area contributed by atoms with Crippen molar-refractivity contribution >= 4 is 23.2 Å². The summed E-state index contributed by atoms with van der Waals surface area (Å²) in [4.78, 5) is 11.5. The number of ether oxygens (including phenoxy) is 1. The van der Waals surface area contributed by atoms with Crippen LogP contribution in [0.15, 0.2) is 29.4 Å². The van der Waals surface area contributed by atoms with E-state index < -0.39 is 0 Å². The summed E-state index contributed by atoms with van der Waals surface area (Å²) >= 11 is 5.74. The zero-order valence-electron chi connectivity index (χ0n) is 10.6. The average molecular weight is 269 g/mol. The second kappa shape index (κ2) is 7.71. The Morgan fingerprint density at radius 1 is 1.28 bits per heavy atom. The smallest absolute Gasteiger partial charge is 0.277 e. The van der Waals surface area contributed by atoms with Crippen molar-refractivity contribution < 1.29 is 9.53 Å². The molecular weight excluding hydrogens is 252 g/mol. The molecule has 0 fully saturated rings. The minimum Gasteiger partial charge on any atom is -0.484 e. The van der Waals surface area contributed by atoms with E-state index in [4.69, 9.17) is 16.3 Å². The van der Waals surface area contributed by atoms with Gasteiger partial charge in [0.1, 0.15) is 5.75 Å².